The maximum absolute atomic E-state index is 6.14. The molecule has 0 bridgehead atoms. The van der Waals surface area contributed by atoms with Crippen LogP contribution in [0.5, 0.6) is 0 Å². The van der Waals surface area contributed by atoms with Crippen molar-refractivity contribution in [3.63, 3.8) is 0 Å². The zero-order valence-electron chi connectivity index (χ0n) is 8.38. The molecule has 1 aromatic rings. The molecule has 0 aromatic carbocycles. The number of aromatic nitrogens is 1. The highest BCUT2D eigenvalue weighted by Gasteiger charge is 2.16. The van der Waals surface area contributed by atoms with Gasteiger partial charge >= 0.3 is 0 Å². The van der Waals surface area contributed by atoms with Crippen molar-refractivity contribution in [3.8, 4) is 0 Å². The van der Waals surface area contributed by atoms with Crippen molar-refractivity contribution < 1.29 is 0 Å². The van der Waals surface area contributed by atoms with Crippen LogP contribution in [0.25, 0.3) is 0 Å². The highest BCUT2D eigenvalue weighted by Crippen LogP contribution is 2.36. The van der Waals surface area contributed by atoms with Crippen LogP contribution in [0.3, 0.4) is 0 Å². The molecule has 1 nitrogen and oxygen atoms in total. The second-order valence-electron chi connectivity index (χ2n) is 3.82. The average Bonchev–Trinajstić information content (AvgIpc) is 2.24. The Kier molecular flexibility index (Phi) is 4.35. The van der Waals surface area contributed by atoms with Gasteiger partial charge in [-0.2, -0.15) is 0 Å². The van der Waals surface area contributed by atoms with Crippen LogP contribution >= 0.6 is 39.3 Å². The lowest BCUT2D eigenvalue weighted by Gasteiger charge is -2.20. The summed E-state index contributed by atoms with van der Waals surface area (Å²) in [6, 6.07) is 1.92. The minimum atomic E-state index is 0.713. The van der Waals surface area contributed by atoms with Crippen molar-refractivity contribution in [1.82, 2.24) is 4.98 Å². The molecule has 0 radical (unpaired) electrons. The molecule has 1 aliphatic carbocycles. The first-order valence-electron chi connectivity index (χ1n) is 5.23. The first kappa shape index (κ1) is 11.7. The van der Waals surface area contributed by atoms with E-state index in [-0.39, 0.29) is 0 Å². The summed E-state index contributed by atoms with van der Waals surface area (Å²) in [5.41, 5.74) is 0. The topological polar surface area (TPSA) is 12.9 Å². The maximum atomic E-state index is 6.14. The fourth-order valence-electron chi connectivity index (χ4n) is 1.83. The average molecular weight is 307 g/mol. The van der Waals surface area contributed by atoms with Gasteiger partial charge in [-0.05, 0) is 34.8 Å². The van der Waals surface area contributed by atoms with Crippen LogP contribution in [0.15, 0.2) is 21.8 Å². The van der Waals surface area contributed by atoms with Crippen LogP contribution in [-0.4, -0.2) is 10.2 Å². The van der Waals surface area contributed by atoms with E-state index in [9.17, 15) is 0 Å². The van der Waals surface area contributed by atoms with Gasteiger partial charge in [-0.15, -0.1) is 11.8 Å². The van der Waals surface area contributed by atoms with E-state index in [4.69, 9.17) is 11.6 Å². The van der Waals surface area contributed by atoms with Gasteiger partial charge in [0.1, 0.15) is 5.03 Å². The first-order valence-corrected chi connectivity index (χ1v) is 7.28. The summed E-state index contributed by atoms with van der Waals surface area (Å²) in [5.74, 6) is 0. The Morgan fingerprint density at radius 2 is 2.07 bits per heavy atom. The summed E-state index contributed by atoms with van der Waals surface area (Å²) >= 11 is 11.3. The fraction of sp³-hybridized carbons (Fsp3) is 0.545. The summed E-state index contributed by atoms with van der Waals surface area (Å²) < 4.78 is 0.945. The van der Waals surface area contributed by atoms with Gasteiger partial charge in [-0.3, -0.25) is 0 Å². The van der Waals surface area contributed by atoms with E-state index in [1.807, 2.05) is 24.0 Å². The van der Waals surface area contributed by atoms with E-state index in [1.165, 1.54) is 32.1 Å². The van der Waals surface area contributed by atoms with Crippen LogP contribution in [0.4, 0.5) is 0 Å². The van der Waals surface area contributed by atoms with Crippen LogP contribution in [0.2, 0.25) is 5.02 Å². The molecule has 0 amide bonds. The molecule has 1 aliphatic rings. The Bertz CT molecular complexity index is 339. The van der Waals surface area contributed by atoms with Crippen LogP contribution in [0, 0.1) is 0 Å². The van der Waals surface area contributed by atoms with Crippen molar-refractivity contribution in [2.24, 2.45) is 0 Å². The number of thioether (sulfide) groups is 1. The Labute approximate surface area is 108 Å². The van der Waals surface area contributed by atoms with Gasteiger partial charge < -0.3 is 0 Å². The lowest BCUT2D eigenvalue weighted by Crippen LogP contribution is -2.08. The number of pyridine rings is 1. The van der Waals surface area contributed by atoms with Crippen LogP contribution in [0.1, 0.15) is 32.1 Å². The van der Waals surface area contributed by atoms with Crippen molar-refractivity contribution in [2.75, 3.05) is 0 Å². The van der Waals surface area contributed by atoms with Gasteiger partial charge in [0, 0.05) is 15.9 Å². The summed E-state index contributed by atoms with van der Waals surface area (Å²) in [7, 11) is 0. The van der Waals surface area contributed by atoms with Crippen LogP contribution < -0.4 is 0 Å². The molecule has 82 valence electrons. The van der Waals surface area contributed by atoms with E-state index in [1.54, 1.807) is 0 Å². The summed E-state index contributed by atoms with van der Waals surface area (Å²) in [5, 5.41) is 2.46. The molecule has 1 saturated carbocycles. The maximum Gasteiger partial charge on any atom is 0.115 e. The van der Waals surface area contributed by atoms with E-state index < -0.39 is 0 Å². The zero-order chi connectivity index (χ0) is 10.7. The highest BCUT2D eigenvalue weighted by molar-refractivity contribution is 9.10. The van der Waals surface area contributed by atoms with Gasteiger partial charge in [0.2, 0.25) is 0 Å². The molecule has 0 aliphatic heterocycles. The zero-order valence-corrected chi connectivity index (χ0v) is 11.5. The lowest BCUT2D eigenvalue weighted by molar-refractivity contribution is 0.516. The Balaban J connectivity index is 2.03. The molecular weight excluding hydrogens is 294 g/mol. The molecular formula is C11H13BrClNS. The molecule has 2 rings (SSSR count). The predicted octanol–water partition coefficient (Wildman–Crippen LogP) is 4.92. The molecule has 4 heteroatoms. The first-order chi connectivity index (χ1) is 7.25. The minimum Gasteiger partial charge on any atom is -0.247 e. The molecule has 1 heterocycles. The molecule has 0 N–H and O–H groups in total. The van der Waals surface area contributed by atoms with Crippen molar-refractivity contribution in [3.05, 3.63) is 21.8 Å². The van der Waals surface area contributed by atoms with Gasteiger partial charge in [-0.1, -0.05) is 30.9 Å². The molecule has 1 aromatic heterocycles. The number of nitrogens with zero attached hydrogens (tertiary/aromatic N) is 1. The van der Waals surface area contributed by atoms with Crippen molar-refractivity contribution in [2.45, 2.75) is 42.4 Å². The molecule has 0 spiro atoms. The molecule has 0 atom stereocenters. The molecule has 0 unspecified atom stereocenters. The normalized spacial score (nSPS) is 18.0. The molecule has 15 heavy (non-hydrogen) atoms. The van der Waals surface area contributed by atoms with Crippen LogP contribution in [-0.2, 0) is 0 Å². The summed E-state index contributed by atoms with van der Waals surface area (Å²) in [4.78, 5) is 4.36. The van der Waals surface area contributed by atoms with Gasteiger partial charge in [0.15, 0.2) is 0 Å². The minimum absolute atomic E-state index is 0.713. The van der Waals surface area contributed by atoms with E-state index in [2.05, 4.69) is 20.9 Å². The van der Waals surface area contributed by atoms with Gasteiger partial charge in [0.25, 0.3) is 0 Å². The largest absolute Gasteiger partial charge is 0.247 e. The molecule has 0 saturated heterocycles. The predicted molar refractivity (Wildman–Crippen MR) is 69.7 cm³/mol. The monoisotopic (exact) mass is 305 g/mol. The third-order valence-electron chi connectivity index (χ3n) is 2.60. The van der Waals surface area contributed by atoms with E-state index in [0.29, 0.717) is 5.25 Å². The van der Waals surface area contributed by atoms with Crippen molar-refractivity contribution >= 4 is 39.3 Å². The van der Waals surface area contributed by atoms with Gasteiger partial charge in [0.05, 0.1) is 5.02 Å². The standard InChI is InChI=1S/C11H13BrClNS/c12-8-6-10(13)11(14-7-8)15-9-4-2-1-3-5-9/h6-7,9H,1-5H2. The Morgan fingerprint density at radius 1 is 1.33 bits per heavy atom. The number of hydrogen-bond donors (Lipinski definition) is 0. The fourth-order valence-corrected chi connectivity index (χ4v) is 3.76. The summed E-state index contributed by atoms with van der Waals surface area (Å²) in [6.45, 7) is 0. The van der Waals surface area contributed by atoms with Crippen molar-refractivity contribution in [1.29, 1.82) is 0 Å². The SMILES string of the molecule is Clc1cc(Br)cnc1SC1CCCCC1. The highest BCUT2D eigenvalue weighted by atomic mass is 79.9. The number of halogens is 2. The van der Waals surface area contributed by atoms with E-state index in [0.717, 1.165) is 14.5 Å². The Morgan fingerprint density at radius 3 is 2.73 bits per heavy atom. The smallest absolute Gasteiger partial charge is 0.115 e. The lowest BCUT2D eigenvalue weighted by atomic mass is 10.0. The number of rotatable bonds is 2. The second kappa shape index (κ2) is 5.55. The quantitative estimate of drug-likeness (QED) is 0.769. The molecule has 1 fully saturated rings. The number of hydrogen-bond acceptors (Lipinski definition) is 2. The summed E-state index contributed by atoms with van der Waals surface area (Å²) in [6.07, 6.45) is 8.52. The Hall–Kier alpha value is 0.270. The third kappa shape index (κ3) is 3.36. The van der Waals surface area contributed by atoms with E-state index >= 15 is 0 Å². The second-order valence-corrected chi connectivity index (χ2v) is 6.43. The van der Waals surface area contributed by atoms with Gasteiger partial charge in [-0.25, -0.2) is 4.98 Å². The third-order valence-corrected chi connectivity index (χ3v) is 4.79.